The zero-order chi connectivity index (χ0) is 15.2. The predicted molar refractivity (Wildman–Crippen MR) is 90.4 cm³/mol. The lowest BCUT2D eigenvalue weighted by atomic mass is 10.0. The second-order valence-electron chi connectivity index (χ2n) is 4.88. The molecule has 0 aliphatic heterocycles. The van der Waals surface area contributed by atoms with Gasteiger partial charge in [-0.15, -0.1) is 0 Å². The van der Waals surface area contributed by atoms with E-state index < -0.39 is 0 Å². The number of aliphatic imine (C=N–C) groups is 1. The van der Waals surface area contributed by atoms with Crippen molar-refractivity contribution >= 4 is 12.0 Å². The molecule has 0 heterocycles. The van der Waals surface area contributed by atoms with Crippen LogP contribution >= 0.6 is 0 Å². The fourth-order valence-corrected chi connectivity index (χ4v) is 2.33. The van der Waals surface area contributed by atoms with Gasteiger partial charge in [-0.1, -0.05) is 66.7 Å². The highest BCUT2D eigenvalue weighted by molar-refractivity contribution is 5.71. The Kier molecular flexibility index (Phi) is 4.27. The van der Waals surface area contributed by atoms with Crippen molar-refractivity contribution in [2.24, 2.45) is 4.99 Å². The maximum atomic E-state index is 8.48. The van der Waals surface area contributed by atoms with Crippen LogP contribution in [0.1, 0.15) is 0 Å². The number of benzene rings is 3. The molecule has 108 valence electrons. The monoisotopic (exact) mass is 288 g/mol. The third kappa shape index (κ3) is 3.22. The van der Waals surface area contributed by atoms with E-state index in [4.69, 9.17) is 5.21 Å². The fraction of sp³-hybridized carbons (Fsp3) is 0. The predicted octanol–water partition coefficient (Wildman–Crippen LogP) is 4.66. The summed E-state index contributed by atoms with van der Waals surface area (Å²) in [7, 11) is 0. The van der Waals surface area contributed by atoms with Crippen LogP contribution < -0.4 is 5.48 Å². The van der Waals surface area contributed by atoms with Gasteiger partial charge >= 0.3 is 0 Å². The Bertz CT molecular complexity index is 748. The number of nitrogens with zero attached hydrogens (tertiary/aromatic N) is 1. The smallest absolute Gasteiger partial charge is 0.113 e. The summed E-state index contributed by atoms with van der Waals surface area (Å²) in [5.74, 6) is 0. The summed E-state index contributed by atoms with van der Waals surface area (Å²) in [4.78, 5) is 4.03. The van der Waals surface area contributed by atoms with Gasteiger partial charge in [-0.05, 0) is 34.4 Å². The van der Waals surface area contributed by atoms with Gasteiger partial charge < -0.3 is 0 Å². The zero-order valence-corrected chi connectivity index (χ0v) is 12.0. The lowest BCUT2D eigenvalue weighted by molar-refractivity contribution is 0.240. The van der Waals surface area contributed by atoms with Crippen LogP contribution in [0, 0.1) is 0 Å². The van der Waals surface area contributed by atoms with Gasteiger partial charge in [0.25, 0.3) is 0 Å². The van der Waals surface area contributed by atoms with Gasteiger partial charge in [-0.3, -0.25) is 10.7 Å². The van der Waals surface area contributed by atoms with Crippen molar-refractivity contribution in [2.75, 3.05) is 0 Å². The third-order valence-corrected chi connectivity index (χ3v) is 3.46. The van der Waals surface area contributed by atoms with E-state index in [0.717, 1.165) is 16.8 Å². The molecule has 0 saturated heterocycles. The highest BCUT2D eigenvalue weighted by Gasteiger charge is 2.00. The van der Waals surface area contributed by atoms with Crippen LogP contribution in [0.15, 0.2) is 83.9 Å². The first-order valence-electron chi connectivity index (χ1n) is 7.05. The van der Waals surface area contributed by atoms with Crippen molar-refractivity contribution in [1.82, 2.24) is 5.48 Å². The summed E-state index contributed by atoms with van der Waals surface area (Å²) < 4.78 is 0. The van der Waals surface area contributed by atoms with Crippen LogP contribution in [-0.2, 0) is 0 Å². The van der Waals surface area contributed by atoms with Crippen molar-refractivity contribution in [3.63, 3.8) is 0 Å². The van der Waals surface area contributed by atoms with E-state index >= 15 is 0 Å². The Balaban J connectivity index is 1.82. The average Bonchev–Trinajstić information content (AvgIpc) is 2.61. The third-order valence-electron chi connectivity index (χ3n) is 3.46. The molecule has 0 saturated carbocycles. The van der Waals surface area contributed by atoms with E-state index in [-0.39, 0.29) is 0 Å². The average molecular weight is 288 g/mol. The molecule has 2 N–H and O–H groups in total. The van der Waals surface area contributed by atoms with E-state index in [1.54, 1.807) is 0 Å². The molecule has 0 radical (unpaired) electrons. The molecule has 0 atom stereocenters. The highest BCUT2D eigenvalue weighted by Crippen LogP contribution is 2.26. The standard InChI is InChI=1S/C19H16N2O/c22-21-14-20-19-12-10-18(11-13-19)17-8-6-16(7-9-17)15-4-2-1-3-5-15/h1-14,22H,(H,20,21). The summed E-state index contributed by atoms with van der Waals surface area (Å²) in [5.41, 5.74) is 7.40. The Morgan fingerprint density at radius 3 is 1.59 bits per heavy atom. The molecule has 22 heavy (non-hydrogen) atoms. The fourth-order valence-electron chi connectivity index (χ4n) is 2.33. The minimum absolute atomic E-state index is 0.784. The van der Waals surface area contributed by atoms with Crippen LogP contribution in [0.4, 0.5) is 5.69 Å². The minimum atomic E-state index is 0.784. The number of rotatable bonds is 4. The van der Waals surface area contributed by atoms with Gasteiger partial charge in [0.15, 0.2) is 0 Å². The topological polar surface area (TPSA) is 44.6 Å². The second-order valence-corrected chi connectivity index (χ2v) is 4.88. The largest absolute Gasteiger partial charge is 0.290 e. The van der Waals surface area contributed by atoms with Gasteiger partial charge in [0, 0.05) is 0 Å². The van der Waals surface area contributed by atoms with Crippen molar-refractivity contribution < 1.29 is 5.21 Å². The SMILES string of the molecule is ONC=Nc1ccc(-c2ccc(-c3ccccc3)cc2)cc1. The van der Waals surface area contributed by atoms with Crippen LogP contribution in [0.5, 0.6) is 0 Å². The van der Waals surface area contributed by atoms with E-state index in [0.29, 0.717) is 0 Å². The Labute approximate surface area is 129 Å². The molecule has 0 amide bonds. The maximum absolute atomic E-state index is 8.48. The van der Waals surface area contributed by atoms with Gasteiger partial charge in [-0.2, -0.15) is 0 Å². The number of nitrogens with one attached hydrogen (secondary N) is 1. The van der Waals surface area contributed by atoms with Crippen LogP contribution in [0.2, 0.25) is 0 Å². The molecule has 3 rings (SSSR count). The van der Waals surface area contributed by atoms with Crippen molar-refractivity contribution in [2.45, 2.75) is 0 Å². The Hall–Kier alpha value is -2.91. The highest BCUT2D eigenvalue weighted by atomic mass is 16.5. The second kappa shape index (κ2) is 6.70. The molecule has 0 aliphatic carbocycles. The van der Waals surface area contributed by atoms with Crippen molar-refractivity contribution in [3.8, 4) is 22.3 Å². The van der Waals surface area contributed by atoms with Gasteiger partial charge in [0.2, 0.25) is 0 Å². The normalized spacial score (nSPS) is 10.8. The van der Waals surface area contributed by atoms with Crippen molar-refractivity contribution in [3.05, 3.63) is 78.9 Å². The summed E-state index contributed by atoms with van der Waals surface area (Å²) >= 11 is 0. The first-order valence-corrected chi connectivity index (χ1v) is 7.05. The van der Waals surface area contributed by atoms with E-state index in [1.165, 1.54) is 17.5 Å². The van der Waals surface area contributed by atoms with Gasteiger partial charge in [0.1, 0.15) is 6.34 Å². The van der Waals surface area contributed by atoms with Crippen LogP contribution in [0.3, 0.4) is 0 Å². The molecule has 0 aliphatic rings. The zero-order valence-electron chi connectivity index (χ0n) is 12.0. The number of hydrogen-bond donors (Lipinski definition) is 2. The van der Waals surface area contributed by atoms with E-state index in [2.05, 4.69) is 41.4 Å². The summed E-state index contributed by atoms with van der Waals surface area (Å²) in [6, 6.07) is 26.7. The van der Waals surface area contributed by atoms with Gasteiger partial charge in [0.05, 0.1) is 5.69 Å². The van der Waals surface area contributed by atoms with Gasteiger partial charge in [-0.25, -0.2) is 4.99 Å². The summed E-state index contributed by atoms with van der Waals surface area (Å²) in [6.45, 7) is 0. The molecule has 3 aromatic rings. The molecule has 3 heteroatoms. The molecule has 0 fully saturated rings. The van der Waals surface area contributed by atoms with Crippen LogP contribution in [-0.4, -0.2) is 11.5 Å². The lowest BCUT2D eigenvalue weighted by Gasteiger charge is -2.05. The minimum Gasteiger partial charge on any atom is -0.290 e. The first kappa shape index (κ1) is 14.0. The Morgan fingerprint density at radius 1 is 0.636 bits per heavy atom. The quantitative estimate of drug-likeness (QED) is 0.416. The summed E-state index contributed by atoms with van der Waals surface area (Å²) in [5, 5.41) is 8.48. The summed E-state index contributed by atoms with van der Waals surface area (Å²) in [6.07, 6.45) is 1.24. The maximum Gasteiger partial charge on any atom is 0.113 e. The Morgan fingerprint density at radius 2 is 1.09 bits per heavy atom. The molecule has 0 unspecified atom stereocenters. The molecular formula is C19H16N2O. The van der Waals surface area contributed by atoms with E-state index in [1.807, 2.05) is 47.9 Å². The van der Waals surface area contributed by atoms with Crippen molar-refractivity contribution in [1.29, 1.82) is 0 Å². The van der Waals surface area contributed by atoms with E-state index in [9.17, 15) is 0 Å². The molecule has 0 bridgehead atoms. The number of hydrogen-bond acceptors (Lipinski definition) is 2. The number of hydroxylamine groups is 1. The molecular weight excluding hydrogens is 272 g/mol. The molecule has 3 aromatic carbocycles. The van der Waals surface area contributed by atoms with Crippen LogP contribution in [0.25, 0.3) is 22.3 Å². The lowest BCUT2D eigenvalue weighted by Crippen LogP contribution is -2.00. The molecule has 3 nitrogen and oxygen atoms in total. The molecule has 0 spiro atoms. The first-order chi connectivity index (χ1) is 10.9. The molecule has 0 aromatic heterocycles.